The Morgan fingerprint density at radius 3 is 1.86 bits per heavy atom. The first-order valence-electron chi connectivity index (χ1n) is 21.8. The van der Waals surface area contributed by atoms with Crippen LogP contribution in [-0.4, -0.2) is 19.5 Å². The van der Waals surface area contributed by atoms with Crippen molar-refractivity contribution in [3.05, 3.63) is 206 Å². The van der Waals surface area contributed by atoms with Crippen LogP contribution in [0.4, 0.5) is 0 Å². The van der Waals surface area contributed by atoms with Crippen molar-refractivity contribution in [3.8, 4) is 51.0 Å². The average molecular weight is 847 g/mol. The summed E-state index contributed by atoms with van der Waals surface area (Å²) in [5.41, 5.74) is 9.83. The number of para-hydroxylation sites is 1. The average Bonchev–Trinajstić information content (AvgIpc) is 4.04. The molecule has 10 aromatic carbocycles. The second-order valence-electron chi connectivity index (χ2n) is 16.8. The molecule has 0 amide bonds. The molecular weight excluding hydrogens is 813 g/mol. The molecule has 4 heterocycles. The molecule has 0 aliphatic heterocycles. The van der Waals surface area contributed by atoms with Crippen LogP contribution >= 0.6 is 11.3 Å². The zero-order valence-electron chi connectivity index (χ0n) is 34.7. The second-order valence-corrected chi connectivity index (χ2v) is 17.8. The van der Waals surface area contributed by atoms with E-state index >= 15 is 0 Å². The van der Waals surface area contributed by atoms with Gasteiger partial charge in [0.2, 0.25) is 0 Å². The van der Waals surface area contributed by atoms with E-state index in [1.54, 1.807) is 11.3 Å². The van der Waals surface area contributed by atoms with Crippen molar-refractivity contribution in [3.63, 3.8) is 0 Å². The van der Waals surface area contributed by atoms with Crippen molar-refractivity contribution in [1.29, 1.82) is 0 Å². The second kappa shape index (κ2) is 14.0. The zero-order chi connectivity index (χ0) is 42.6. The summed E-state index contributed by atoms with van der Waals surface area (Å²) >= 11 is 1.79. The molecule has 6 heteroatoms. The topological polar surface area (TPSA) is 56.7 Å². The zero-order valence-corrected chi connectivity index (χ0v) is 35.6. The van der Waals surface area contributed by atoms with Gasteiger partial charge >= 0.3 is 0 Å². The number of hydrogen-bond donors (Lipinski definition) is 0. The number of fused-ring (bicyclic) bond motifs is 11. The maximum Gasteiger partial charge on any atom is 0.164 e. The summed E-state index contributed by atoms with van der Waals surface area (Å²) < 4.78 is 11.8. The first-order valence-corrected chi connectivity index (χ1v) is 22.6. The van der Waals surface area contributed by atoms with Gasteiger partial charge in [0, 0.05) is 70.0 Å². The fourth-order valence-corrected chi connectivity index (χ4v) is 11.1. The fraction of sp³-hybridized carbons (Fsp3) is 0. The predicted molar refractivity (Wildman–Crippen MR) is 271 cm³/mol. The van der Waals surface area contributed by atoms with Gasteiger partial charge in [0.25, 0.3) is 0 Å². The van der Waals surface area contributed by atoms with Crippen LogP contribution in [0.3, 0.4) is 0 Å². The molecule has 0 unspecified atom stereocenters. The number of thiophene rings is 1. The highest BCUT2D eigenvalue weighted by atomic mass is 32.1. The van der Waals surface area contributed by atoms with E-state index in [1.165, 1.54) is 47.1 Å². The molecule has 5 nitrogen and oxygen atoms in total. The van der Waals surface area contributed by atoms with Crippen LogP contribution in [0.5, 0.6) is 0 Å². The molecule has 0 bridgehead atoms. The van der Waals surface area contributed by atoms with Crippen molar-refractivity contribution in [1.82, 2.24) is 19.5 Å². The van der Waals surface area contributed by atoms with Crippen molar-refractivity contribution >= 4 is 96.8 Å². The van der Waals surface area contributed by atoms with Crippen LogP contribution in [-0.2, 0) is 0 Å². The van der Waals surface area contributed by atoms with E-state index in [0.29, 0.717) is 17.5 Å². The Hall–Kier alpha value is -8.45. The lowest BCUT2D eigenvalue weighted by Gasteiger charge is -2.15. The summed E-state index contributed by atoms with van der Waals surface area (Å²) in [5.74, 6) is 1.82. The van der Waals surface area contributed by atoms with Gasteiger partial charge in [-0.25, -0.2) is 15.0 Å². The van der Waals surface area contributed by atoms with E-state index in [9.17, 15) is 0 Å². The lowest BCUT2D eigenvalue weighted by Crippen LogP contribution is -2.00. The van der Waals surface area contributed by atoms with Crippen molar-refractivity contribution in [2.75, 3.05) is 0 Å². The quantitative estimate of drug-likeness (QED) is 0.173. The van der Waals surface area contributed by atoms with Crippen LogP contribution in [0, 0.1) is 0 Å². The highest BCUT2D eigenvalue weighted by molar-refractivity contribution is 7.25. The van der Waals surface area contributed by atoms with Crippen molar-refractivity contribution in [2.45, 2.75) is 0 Å². The summed E-state index contributed by atoms with van der Waals surface area (Å²) in [4.78, 5) is 15.8. The van der Waals surface area contributed by atoms with E-state index in [4.69, 9.17) is 19.4 Å². The fourth-order valence-electron chi connectivity index (χ4n) is 9.94. The molecule has 14 aromatic rings. The molecule has 14 rings (SSSR count). The van der Waals surface area contributed by atoms with Gasteiger partial charge in [-0.3, -0.25) is 0 Å². The SMILES string of the molecule is c1ccc(-c2cc3c(cc2-n2c4ccccc4c4cc5ccccc5cc42)oc2cccc(-c4nc(-c5ccc6ccccc6c5)nc(-c5ccc6c(c5)sc5ccccc56)n4)c23)cc1. The highest BCUT2D eigenvalue weighted by Gasteiger charge is 2.23. The van der Waals surface area contributed by atoms with Gasteiger partial charge in [-0.05, 0) is 75.6 Å². The number of nitrogens with zero attached hydrogens (tertiary/aromatic N) is 4. The van der Waals surface area contributed by atoms with E-state index in [0.717, 1.165) is 71.9 Å². The van der Waals surface area contributed by atoms with E-state index in [2.05, 4.69) is 205 Å². The predicted octanol–water partition coefficient (Wildman–Crippen LogP) is 16.2. The molecule has 302 valence electrons. The minimum Gasteiger partial charge on any atom is -0.456 e. The van der Waals surface area contributed by atoms with Crippen LogP contribution in [0.15, 0.2) is 211 Å². The third-order valence-electron chi connectivity index (χ3n) is 13.0. The van der Waals surface area contributed by atoms with Gasteiger partial charge < -0.3 is 8.98 Å². The molecule has 0 aliphatic carbocycles. The normalized spacial score (nSPS) is 12.0. The standard InChI is InChI=1S/C59H34N4OS/c1-2-14-36(15-3-1)46-33-48-53(34-51(46)63-49-22-10-8-19-42(49)47-30-38-17-6-7-18-39(38)31-50(47)63)64-52-23-12-21-45(56(48)52)59-61-57(40-26-25-35-13-4-5-16-37(35)29-40)60-58(62-59)41-27-28-44-43-20-9-11-24-54(43)65-55(44)32-41/h1-34H. The molecule has 0 saturated heterocycles. The largest absolute Gasteiger partial charge is 0.456 e. The molecular formula is C59H34N4OS. The molecule has 0 atom stereocenters. The summed E-state index contributed by atoms with van der Waals surface area (Å²) in [5, 5.41) is 11.6. The molecule has 4 aromatic heterocycles. The van der Waals surface area contributed by atoms with E-state index < -0.39 is 0 Å². The highest BCUT2D eigenvalue weighted by Crippen LogP contribution is 2.44. The third kappa shape index (κ3) is 5.67. The lowest BCUT2D eigenvalue weighted by atomic mass is 9.98. The molecule has 0 spiro atoms. The smallest absolute Gasteiger partial charge is 0.164 e. The molecule has 0 N–H and O–H groups in total. The Morgan fingerprint density at radius 2 is 1.02 bits per heavy atom. The van der Waals surface area contributed by atoms with Crippen molar-refractivity contribution < 1.29 is 4.42 Å². The molecule has 65 heavy (non-hydrogen) atoms. The van der Waals surface area contributed by atoms with Crippen LogP contribution < -0.4 is 0 Å². The number of furan rings is 1. The monoisotopic (exact) mass is 846 g/mol. The van der Waals surface area contributed by atoms with Crippen LogP contribution in [0.2, 0.25) is 0 Å². The maximum absolute atomic E-state index is 6.91. The summed E-state index contributed by atoms with van der Waals surface area (Å²) in [6.45, 7) is 0. The Labute approximate surface area is 376 Å². The summed E-state index contributed by atoms with van der Waals surface area (Å²) in [6, 6.07) is 73.4. The van der Waals surface area contributed by atoms with Gasteiger partial charge in [-0.2, -0.15) is 0 Å². The number of rotatable bonds is 5. The minimum atomic E-state index is 0.586. The van der Waals surface area contributed by atoms with Gasteiger partial charge in [0.1, 0.15) is 11.2 Å². The summed E-state index contributed by atoms with van der Waals surface area (Å²) in [7, 11) is 0. The number of hydrogen-bond acceptors (Lipinski definition) is 5. The van der Waals surface area contributed by atoms with Gasteiger partial charge in [0.05, 0.1) is 16.7 Å². The number of aromatic nitrogens is 4. The Bertz CT molecular complexity index is 4260. The Balaban J connectivity index is 1.02. The maximum atomic E-state index is 6.91. The van der Waals surface area contributed by atoms with Gasteiger partial charge in [-0.15, -0.1) is 11.3 Å². The number of benzene rings is 10. The molecule has 0 fully saturated rings. The van der Waals surface area contributed by atoms with Crippen molar-refractivity contribution in [2.24, 2.45) is 0 Å². The Kier molecular flexibility index (Phi) is 7.79. The first kappa shape index (κ1) is 36.1. The third-order valence-corrected chi connectivity index (χ3v) is 14.1. The molecule has 0 saturated carbocycles. The molecule has 0 radical (unpaired) electrons. The van der Waals surface area contributed by atoms with Gasteiger partial charge in [-0.1, -0.05) is 152 Å². The lowest BCUT2D eigenvalue weighted by molar-refractivity contribution is 0.668. The molecule has 0 aliphatic rings. The van der Waals surface area contributed by atoms with Crippen LogP contribution in [0.1, 0.15) is 0 Å². The first-order chi connectivity index (χ1) is 32.2. The summed E-state index contributed by atoms with van der Waals surface area (Å²) in [6.07, 6.45) is 0. The van der Waals surface area contributed by atoms with Gasteiger partial charge in [0.15, 0.2) is 17.5 Å². The Morgan fingerprint density at radius 1 is 0.354 bits per heavy atom. The van der Waals surface area contributed by atoms with Crippen LogP contribution in [0.25, 0.3) is 136 Å². The van der Waals surface area contributed by atoms with E-state index in [-0.39, 0.29) is 0 Å². The van der Waals surface area contributed by atoms with E-state index in [1.807, 2.05) is 6.07 Å². The minimum absolute atomic E-state index is 0.586.